The Hall–Kier alpha value is -0.580. The number of benzene rings is 1. The van der Waals surface area contributed by atoms with Crippen molar-refractivity contribution in [2.24, 2.45) is 0 Å². The average Bonchev–Trinajstić information content (AvgIpc) is 2.57. The van der Waals surface area contributed by atoms with Crippen LogP contribution in [-0.4, -0.2) is 56.1 Å². The first kappa shape index (κ1) is 13.8. The third-order valence-electron chi connectivity index (χ3n) is 3.41. The van der Waals surface area contributed by atoms with E-state index >= 15 is 0 Å². The normalized spacial score (nSPS) is 18.6. The highest BCUT2D eigenvalue weighted by Crippen LogP contribution is 2.13. The summed E-state index contributed by atoms with van der Waals surface area (Å²) in [7, 11) is 2.21. The third-order valence-corrected chi connectivity index (χ3v) is 3.94. The van der Waals surface area contributed by atoms with Crippen molar-refractivity contribution >= 4 is 21.6 Å². The molecule has 100 valence electrons. The largest absolute Gasteiger partial charge is 0.384 e. The molecule has 0 aliphatic carbocycles. The minimum atomic E-state index is 1.02. The molecular formula is C14H22BrN3. The number of likely N-dealkylation sites (N-methyl/N-ethyl adjacent to an activating group) is 1. The average molecular weight is 312 g/mol. The monoisotopic (exact) mass is 311 g/mol. The van der Waals surface area contributed by atoms with E-state index < -0.39 is 0 Å². The van der Waals surface area contributed by atoms with Crippen LogP contribution in [0.15, 0.2) is 28.7 Å². The van der Waals surface area contributed by atoms with Crippen LogP contribution in [0.25, 0.3) is 0 Å². The highest BCUT2D eigenvalue weighted by Gasteiger charge is 2.10. The lowest BCUT2D eigenvalue weighted by Crippen LogP contribution is -2.32. The molecule has 0 amide bonds. The molecule has 1 aliphatic rings. The summed E-state index contributed by atoms with van der Waals surface area (Å²) in [4.78, 5) is 4.97. The van der Waals surface area contributed by atoms with Gasteiger partial charge in [-0.1, -0.05) is 15.9 Å². The van der Waals surface area contributed by atoms with Crippen LogP contribution in [0.5, 0.6) is 0 Å². The first-order chi connectivity index (χ1) is 8.74. The lowest BCUT2D eigenvalue weighted by Gasteiger charge is -2.20. The molecule has 4 heteroatoms. The molecule has 1 aromatic carbocycles. The molecule has 0 bridgehead atoms. The van der Waals surface area contributed by atoms with E-state index in [1.165, 1.54) is 38.3 Å². The summed E-state index contributed by atoms with van der Waals surface area (Å²) in [6.45, 7) is 7.00. The molecule has 1 heterocycles. The summed E-state index contributed by atoms with van der Waals surface area (Å²) in [6.07, 6.45) is 1.29. The third kappa shape index (κ3) is 4.59. The molecule has 0 radical (unpaired) electrons. The van der Waals surface area contributed by atoms with Gasteiger partial charge < -0.3 is 15.1 Å². The minimum Gasteiger partial charge on any atom is -0.384 e. The van der Waals surface area contributed by atoms with Gasteiger partial charge in [-0.25, -0.2) is 0 Å². The molecule has 1 aliphatic heterocycles. The fraction of sp³-hybridized carbons (Fsp3) is 0.571. The topological polar surface area (TPSA) is 18.5 Å². The molecule has 3 nitrogen and oxygen atoms in total. The van der Waals surface area contributed by atoms with Gasteiger partial charge in [0.25, 0.3) is 0 Å². The van der Waals surface area contributed by atoms with Gasteiger partial charge in [0.1, 0.15) is 0 Å². The summed E-state index contributed by atoms with van der Waals surface area (Å²) in [5, 5.41) is 3.47. The first-order valence-electron chi connectivity index (χ1n) is 6.64. The van der Waals surface area contributed by atoms with Crippen molar-refractivity contribution < 1.29 is 0 Å². The zero-order valence-corrected chi connectivity index (χ0v) is 12.6. The van der Waals surface area contributed by atoms with Gasteiger partial charge in [0.05, 0.1) is 0 Å². The molecule has 1 fully saturated rings. The number of anilines is 1. The quantitative estimate of drug-likeness (QED) is 0.921. The standard InChI is InChI=1S/C14H22BrN3/c1-17-8-2-9-18(12-11-17)10-7-16-14-5-3-13(15)4-6-14/h3-6,16H,2,7-12H2,1H3. The van der Waals surface area contributed by atoms with Crippen LogP contribution in [-0.2, 0) is 0 Å². The van der Waals surface area contributed by atoms with Crippen LogP contribution >= 0.6 is 15.9 Å². The highest BCUT2D eigenvalue weighted by atomic mass is 79.9. The number of halogens is 1. The van der Waals surface area contributed by atoms with E-state index in [4.69, 9.17) is 0 Å². The van der Waals surface area contributed by atoms with Crippen molar-refractivity contribution in [3.05, 3.63) is 28.7 Å². The van der Waals surface area contributed by atoms with Crippen LogP contribution in [0.1, 0.15) is 6.42 Å². The van der Waals surface area contributed by atoms with Crippen molar-refractivity contribution in [1.82, 2.24) is 9.80 Å². The molecule has 0 unspecified atom stereocenters. The Bertz CT molecular complexity index is 353. The van der Waals surface area contributed by atoms with E-state index in [1.807, 2.05) is 0 Å². The van der Waals surface area contributed by atoms with E-state index in [9.17, 15) is 0 Å². The summed E-state index contributed by atoms with van der Waals surface area (Å²) in [6, 6.07) is 8.37. The predicted octanol–water partition coefficient (Wildman–Crippen LogP) is 2.50. The number of hydrogen-bond donors (Lipinski definition) is 1. The Morgan fingerprint density at radius 3 is 2.67 bits per heavy atom. The van der Waals surface area contributed by atoms with E-state index in [1.54, 1.807) is 0 Å². The Morgan fingerprint density at radius 2 is 1.89 bits per heavy atom. The predicted molar refractivity (Wildman–Crippen MR) is 81.2 cm³/mol. The second-order valence-corrected chi connectivity index (χ2v) is 5.85. The van der Waals surface area contributed by atoms with Gasteiger partial charge in [0, 0.05) is 36.3 Å². The van der Waals surface area contributed by atoms with Gasteiger partial charge in [0.15, 0.2) is 0 Å². The van der Waals surface area contributed by atoms with Gasteiger partial charge in [-0.15, -0.1) is 0 Å². The maximum absolute atomic E-state index is 3.47. The molecule has 0 aromatic heterocycles. The van der Waals surface area contributed by atoms with E-state index in [-0.39, 0.29) is 0 Å². The van der Waals surface area contributed by atoms with Crippen LogP contribution < -0.4 is 5.32 Å². The van der Waals surface area contributed by atoms with Crippen LogP contribution in [0.3, 0.4) is 0 Å². The zero-order chi connectivity index (χ0) is 12.8. The summed E-state index contributed by atoms with van der Waals surface area (Å²) >= 11 is 3.45. The van der Waals surface area contributed by atoms with Crippen LogP contribution in [0, 0.1) is 0 Å². The lowest BCUT2D eigenvalue weighted by molar-refractivity contribution is 0.285. The molecule has 2 rings (SSSR count). The van der Waals surface area contributed by atoms with Crippen molar-refractivity contribution in [1.29, 1.82) is 0 Å². The molecule has 0 spiro atoms. The Balaban J connectivity index is 1.70. The van der Waals surface area contributed by atoms with Crippen molar-refractivity contribution in [2.45, 2.75) is 6.42 Å². The molecule has 1 N–H and O–H groups in total. The minimum absolute atomic E-state index is 1.02. The van der Waals surface area contributed by atoms with Crippen molar-refractivity contribution in [3.8, 4) is 0 Å². The highest BCUT2D eigenvalue weighted by molar-refractivity contribution is 9.10. The number of hydrogen-bond acceptors (Lipinski definition) is 3. The molecular weight excluding hydrogens is 290 g/mol. The Labute approximate surface area is 118 Å². The van der Waals surface area contributed by atoms with E-state index in [2.05, 4.69) is 62.4 Å². The summed E-state index contributed by atoms with van der Waals surface area (Å²) in [5.41, 5.74) is 1.20. The summed E-state index contributed by atoms with van der Waals surface area (Å²) < 4.78 is 1.13. The van der Waals surface area contributed by atoms with Gasteiger partial charge >= 0.3 is 0 Å². The van der Waals surface area contributed by atoms with E-state index in [0.29, 0.717) is 0 Å². The smallest absolute Gasteiger partial charge is 0.0341 e. The SMILES string of the molecule is CN1CCCN(CCNc2ccc(Br)cc2)CC1. The molecule has 0 saturated carbocycles. The molecule has 0 atom stereocenters. The fourth-order valence-electron chi connectivity index (χ4n) is 2.25. The van der Waals surface area contributed by atoms with Gasteiger partial charge in [0.2, 0.25) is 0 Å². The van der Waals surface area contributed by atoms with Crippen LogP contribution in [0.2, 0.25) is 0 Å². The number of rotatable bonds is 4. The molecule has 1 aromatic rings. The van der Waals surface area contributed by atoms with Gasteiger partial charge in [-0.05, 0) is 50.8 Å². The molecule has 1 saturated heterocycles. The second kappa shape index (κ2) is 7.12. The fourth-order valence-corrected chi connectivity index (χ4v) is 2.51. The maximum atomic E-state index is 3.47. The van der Waals surface area contributed by atoms with Gasteiger partial charge in [-0.3, -0.25) is 0 Å². The lowest BCUT2D eigenvalue weighted by atomic mass is 10.3. The maximum Gasteiger partial charge on any atom is 0.0341 e. The Morgan fingerprint density at radius 1 is 1.11 bits per heavy atom. The Kier molecular flexibility index (Phi) is 5.47. The molecule has 18 heavy (non-hydrogen) atoms. The van der Waals surface area contributed by atoms with Crippen molar-refractivity contribution in [3.63, 3.8) is 0 Å². The zero-order valence-electron chi connectivity index (χ0n) is 11.0. The number of nitrogens with zero attached hydrogens (tertiary/aromatic N) is 2. The van der Waals surface area contributed by atoms with Crippen molar-refractivity contribution in [2.75, 3.05) is 51.6 Å². The van der Waals surface area contributed by atoms with Crippen LogP contribution in [0.4, 0.5) is 5.69 Å². The summed E-state index contributed by atoms with van der Waals surface area (Å²) in [5.74, 6) is 0. The second-order valence-electron chi connectivity index (χ2n) is 4.93. The number of nitrogens with one attached hydrogen (secondary N) is 1. The first-order valence-corrected chi connectivity index (χ1v) is 7.44. The van der Waals surface area contributed by atoms with E-state index in [0.717, 1.165) is 17.6 Å². The van der Waals surface area contributed by atoms with Gasteiger partial charge in [-0.2, -0.15) is 0 Å².